The third-order valence-electron chi connectivity index (χ3n) is 4.19. The summed E-state index contributed by atoms with van der Waals surface area (Å²) in [4.78, 5) is 16.4. The molecular weight excluding hydrogens is 292 g/mol. The zero-order chi connectivity index (χ0) is 15.5. The van der Waals surface area contributed by atoms with E-state index in [4.69, 9.17) is 0 Å². The quantitative estimate of drug-likeness (QED) is 0.664. The predicted octanol–water partition coefficient (Wildman–Crippen LogP) is -1.23. The van der Waals surface area contributed by atoms with E-state index >= 15 is 0 Å². The van der Waals surface area contributed by atoms with E-state index in [0.29, 0.717) is 38.8 Å². The number of carbonyl (C=O) groups is 1. The average molecular weight is 318 g/mol. The first-order valence-corrected chi connectivity index (χ1v) is 9.44. The van der Waals surface area contributed by atoms with Crippen LogP contribution in [0.15, 0.2) is 0 Å². The van der Waals surface area contributed by atoms with Crippen LogP contribution in [0, 0.1) is 0 Å². The van der Waals surface area contributed by atoms with E-state index in [9.17, 15) is 13.2 Å². The van der Waals surface area contributed by atoms with E-state index in [1.807, 2.05) is 0 Å². The van der Waals surface area contributed by atoms with Crippen molar-refractivity contribution in [3.8, 4) is 0 Å². The van der Waals surface area contributed by atoms with Crippen LogP contribution < -0.4 is 5.32 Å². The topological polar surface area (TPSA) is 73.0 Å². The second kappa shape index (κ2) is 7.04. The van der Waals surface area contributed by atoms with Gasteiger partial charge in [0.15, 0.2) is 0 Å². The molecule has 2 saturated heterocycles. The number of amides is 1. The Hall–Kier alpha value is -0.700. The van der Waals surface area contributed by atoms with E-state index in [-0.39, 0.29) is 5.91 Å². The minimum Gasteiger partial charge on any atom is -0.339 e. The van der Waals surface area contributed by atoms with Gasteiger partial charge in [0.25, 0.3) is 0 Å². The summed E-state index contributed by atoms with van der Waals surface area (Å²) in [7, 11) is -3.14. The van der Waals surface area contributed by atoms with Crippen molar-refractivity contribution in [2.75, 3.05) is 58.6 Å². The zero-order valence-electron chi connectivity index (χ0n) is 12.9. The van der Waals surface area contributed by atoms with Gasteiger partial charge in [-0.05, 0) is 13.0 Å². The Morgan fingerprint density at radius 3 is 2.29 bits per heavy atom. The van der Waals surface area contributed by atoms with Gasteiger partial charge in [-0.15, -0.1) is 0 Å². The second-order valence-electron chi connectivity index (χ2n) is 5.83. The summed E-state index contributed by atoms with van der Waals surface area (Å²) < 4.78 is 24.4. The van der Waals surface area contributed by atoms with Crippen LogP contribution in [0.1, 0.15) is 13.3 Å². The lowest BCUT2D eigenvalue weighted by molar-refractivity contribution is -0.134. The van der Waals surface area contributed by atoms with Crippen LogP contribution in [0.5, 0.6) is 0 Å². The largest absolute Gasteiger partial charge is 0.339 e. The second-order valence-corrected chi connectivity index (χ2v) is 7.81. The summed E-state index contributed by atoms with van der Waals surface area (Å²) in [5.41, 5.74) is 0. The van der Waals surface area contributed by atoms with Gasteiger partial charge in [-0.2, -0.15) is 4.31 Å². The number of nitrogens with one attached hydrogen (secondary N) is 1. The molecule has 1 amide bonds. The van der Waals surface area contributed by atoms with E-state index in [2.05, 4.69) is 17.1 Å². The number of hydrogen-bond acceptors (Lipinski definition) is 5. The Balaban J connectivity index is 1.83. The van der Waals surface area contributed by atoms with E-state index < -0.39 is 10.0 Å². The summed E-state index contributed by atoms with van der Waals surface area (Å²) in [6, 6.07) is 0.464. The van der Waals surface area contributed by atoms with Crippen LogP contribution in [0.4, 0.5) is 0 Å². The summed E-state index contributed by atoms with van der Waals surface area (Å²) >= 11 is 0. The molecule has 8 heteroatoms. The summed E-state index contributed by atoms with van der Waals surface area (Å²) in [5, 5.41) is 3.24. The van der Waals surface area contributed by atoms with Gasteiger partial charge in [-0.3, -0.25) is 9.69 Å². The molecule has 2 rings (SSSR count). The lowest BCUT2D eigenvalue weighted by Crippen LogP contribution is -2.60. The molecule has 0 aromatic heterocycles. The highest BCUT2D eigenvalue weighted by Crippen LogP contribution is 2.10. The number of hydrogen-bond donors (Lipinski definition) is 1. The molecule has 0 aromatic carbocycles. The highest BCUT2D eigenvalue weighted by Gasteiger charge is 2.30. The molecule has 0 bridgehead atoms. The zero-order valence-corrected chi connectivity index (χ0v) is 13.7. The molecule has 1 N–H and O–H groups in total. The molecule has 122 valence electrons. The van der Waals surface area contributed by atoms with Crippen molar-refractivity contribution >= 4 is 15.9 Å². The normalized spacial score (nSPS) is 21.6. The molecule has 2 heterocycles. The molecule has 0 atom stereocenters. The first kappa shape index (κ1) is 16.7. The maximum absolute atomic E-state index is 12.4. The van der Waals surface area contributed by atoms with Crippen LogP contribution in [0.2, 0.25) is 0 Å². The fraction of sp³-hybridized carbons (Fsp3) is 0.923. The van der Waals surface area contributed by atoms with Crippen LogP contribution in [-0.4, -0.2) is 93.1 Å². The van der Waals surface area contributed by atoms with Gasteiger partial charge >= 0.3 is 0 Å². The lowest BCUT2D eigenvalue weighted by Gasteiger charge is -2.40. The fourth-order valence-corrected chi connectivity index (χ4v) is 3.58. The van der Waals surface area contributed by atoms with Gasteiger partial charge in [-0.1, -0.05) is 6.92 Å². The SMILES string of the molecule is CCCN(CC(=O)N1CCN(S(C)(=O)=O)CC1)C1CNC1. The predicted molar refractivity (Wildman–Crippen MR) is 81.5 cm³/mol. The maximum atomic E-state index is 12.4. The van der Waals surface area contributed by atoms with E-state index in [0.717, 1.165) is 26.1 Å². The average Bonchev–Trinajstić information content (AvgIpc) is 2.36. The molecule has 0 radical (unpaired) electrons. The van der Waals surface area contributed by atoms with Gasteiger partial charge in [-0.25, -0.2) is 8.42 Å². The summed E-state index contributed by atoms with van der Waals surface area (Å²) in [5.74, 6) is 0.114. The summed E-state index contributed by atoms with van der Waals surface area (Å²) in [6.07, 6.45) is 2.25. The monoisotopic (exact) mass is 318 g/mol. The molecule has 2 fully saturated rings. The van der Waals surface area contributed by atoms with Gasteiger partial charge in [0.1, 0.15) is 0 Å². The first-order chi connectivity index (χ1) is 9.91. The smallest absolute Gasteiger partial charge is 0.236 e. The Labute approximate surface area is 127 Å². The van der Waals surface area contributed by atoms with Crippen molar-refractivity contribution in [3.05, 3.63) is 0 Å². The number of rotatable bonds is 6. The Morgan fingerprint density at radius 2 is 1.86 bits per heavy atom. The number of sulfonamides is 1. The van der Waals surface area contributed by atoms with E-state index in [1.165, 1.54) is 10.6 Å². The van der Waals surface area contributed by atoms with Gasteiger partial charge < -0.3 is 10.2 Å². The molecular formula is C13H26N4O3S. The Kier molecular flexibility index (Phi) is 5.59. The molecule has 2 aliphatic heterocycles. The third-order valence-corrected chi connectivity index (χ3v) is 5.49. The maximum Gasteiger partial charge on any atom is 0.236 e. The van der Waals surface area contributed by atoms with Crippen LogP contribution in [-0.2, 0) is 14.8 Å². The van der Waals surface area contributed by atoms with Crippen molar-refractivity contribution in [1.82, 2.24) is 19.4 Å². The van der Waals surface area contributed by atoms with Crippen molar-refractivity contribution in [2.24, 2.45) is 0 Å². The molecule has 21 heavy (non-hydrogen) atoms. The number of carbonyl (C=O) groups excluding carboxylic acids is 1. The molecule has 0 unspecified atom stereocenters. The Bertz CT molecular complexity index is 456. The molecule has 0 spiro atoms. The van der Waals surface area contributed by atoms with E-state index in [1.54, 1.807) is 4.90 Å². The van der Waals surface area contributed by atoms with Crippen molar-refractivity contribution in [3.63, 3.8) is 0 Å². The first-order valence-electron chi connectivity index (χ1n) is 7.59. The molecule has 0 aliphatic carbocycles. The van der Waals surface area contributed by atoms with Gasteiger partial charge in [0, 0.05) is 45.3 Å². The molecule has 2 aliphatic rings. The molecule has 0 saturated carbocycles. The van der Waals surface area contributed by atoms with Crippen LogP contribution in [0.3, 0.4) is 0 Å². The number of piperazine rings is 1. The Morgan fingerprint density at radius 1 is 1.24 bits per heavy atom. The number of nitrogens with zero attached hydrogens (tertiary/aromatic N) is 3. The molecule has 7 nitrogen and oxygen atoms in total. The standard InChI is InChI=1S/C13H26N4O3S/c1-3-4-16(12-9-14-10-12)11-13(18)15-5-7-17(8-6-15)21(2,19)20/h12,14H,3-11H2,1-2H3. The van der Waals surface area contributed by atoms with Crippen molar-refractivity contribution in [1.29, 1.82) is 0 Å². The lowest BCUT2D eigenvalue weighted by atomic mass is 10.1. The fourth-order valence-electron chi connectivity index (χ4n) is 2.75. The van der Waals surface area contributed by atoms with Gasteiger partial charge in [0.2, 0.25) is 15.9 Å². The minimum atomic E-state index is -3.14. The highest BCUT2D eigenvalue weighted by atomic mass is 32.2. The minimum absolute atomic E-state index is 0.114. The third kappa shape index (κ3) is 4.38. The highest BCUT2D eigenvalue weighted by molar-refractivity contribution is 7.88. The van der Waals surface area contributed by atoms with Crippen LogP contribution in [0.25, 0.3) is 0 Å². The van der Waals surface area contributed by atoms with Gasteiger partial charge in [0.05, 0.1) is 12.8 Å². The van der Waals surface area contributed by atoms with Crippen molar-refractivity contribution in [2.45, 2.75) is 19.4 Å². The molecule has 0 aromatic rings. The summed E-state index contributed by atoms with van der Waals surface area (Å²) in [6.45, 7) is 7.20. The van der Waals surface area contributed by atoms with Crippen LogP contribution >= 0.6 is 0 Å². The van der Waals surface area contributed by atoms with Crippen molar-refractivity contribution < 1.29 is 13.2 Å².